The van der Waals surface area contributed by atoms with Gasteiger partial charge in [-0.1, -0.05) is 77.8 Å². The van der Waals surface area contributed by atoms with Gasteiger partial charge in [0.25, 0.3) is 0 Å². The SMILES string of the molecule is NCc1ccc(CNCc2cc(CNCc3ccc(CN)cc3)cc(-c3cc(Cl)cc(Cl)c3)c2)cc1. The van der Waals surface area contributed by atoms with Crippen LogP contribution in [0.4, 0.5) is 0 Å². The molecule has 186 valence electrons. The van der Waals surface area contributed by atoms with Crippen molar-refractivity contribution < 1.29 is 0 Å². The minimum Gasteiger partial charge on any atom is -0.326 e. The van der Waals surface area contributed by atoms with Crippen molar-refractivity contribution in [2.75, 3.05) is 0 Å². The quantitative estimate of drug-likeness (QED) is 0.192. The molecule has 0 fully saturated rings. The summed E-state index contributed by atoms with van der Waals surface area (Å²) in [7, 11) is 0. The Hall–Kier alpha value is -2.70. The standard InChI is InChI=1S/C30H32Cl2N4/c31-29-12-28(13-30(32)14-29)27-10-25(19-35-17-23-5-1-21(15-33)2-6-23)9-26(11-27)20-36-18-24-7-3-22(16-34)4-8-24/h1-14,35-36H,15-20,33-34H2. The zero-order chi connectivity index (χ0) is 25.3. The Balaban J connectivity index is 1.47. The first-order chi connectivity index (χ1) is 17.5. The molecule has 0 aliphatic carbocycles. The van der Waals surface area contributed by atoms with Gasteiger partial charge in [0.05, 0.1) is 0 Å². The zero-order valence-electron chi connectivity index (χ0n) is 20.2. The van der Waals surface area contributed by atoms with E-state index in [0.717, 1.165) is 48.4 Å². The van der Waals surface area contributed by atoms with Crippen LogP contribution in [-0.4, -0.2) is 0 Å². The van der Waals surface area contributed by atoms with Gasteiger partial charge in [-0.2, -0.15) is 0 Å². The van der Waals surface area contributed by atoms with Crippen molar-refractivity contribution in [3.63, 3.8) is 0 Å². The van der Waals surface area contributed by atoms with Gasteiger partial charge in [0, 0.05) is 49.3 Å². The Morgan fingerprint density at radius 1 is 0.444 bits per heavy atom. The van der Waals surface area contributed by atoms with E-state index >= 15 is 0 Å². The van der Waals surface area contributed by atoms with Crippen molar-refractivity contribution in [1.82, 2.24) is 10.6 Å². The first kappa shape index (κ1) is 26.4. The maximum Gasteiger partial charge on any atom is 0.0426 e. The van der Waals surface area contributed by atoms with Crippen LogP contribution in [0.1, 0.15) is 33.4 Å². The zero-order valence-corrected chi connectivity index (χ0v) is 21.7. The van der Waals surface area contributed by atoms with Crippen LogP contribution in [0, 0.1) is 0 Å². The lowest BCUT2D eigenvalue weighted by molar-refractivity contribution is 0.681. The number of hydrogen-bond acceptors (Lipinski definition) is 4. The lowest BCUT2D eigenvalue weighted by atomic mass is 9.99. The fourth-order valence-corrected chi connectivity index (χ4v) is 4.67. The van der Waals surface area contributed by atoms with E-state index in [-0.39, 0.29) is 0 Å². The molecule has 0 spiro atoms. The monoisotopic (exact) mass is 518 g/mol. The minimum absolute atomic E-state index is 0.559. The van der Waals surface area contributed by atoms with Crippen LogP contribution >= 0.6 is 23.2 Å². The number of nitrogens with one attached hydrogen (secondary N) is 2. The van der Waals surface area contributed by atoms with Crippen LogP contribution in [-0.2, 0) is 39.3 Å². The van der Waals surface area contributed by atoms with Gasteiger partial charge in [-0.25, -0.2) is 0 Å². The predicted octanol–water partition coefficient (Wildman–Crippen LogP) is 6.16. The maximum absolute atomic E-state index is 6.30. The second-order valence-corrected chi connectivity index (χ2v) is 9.82. The van der Waals surface area contributed by atoms with E-state index in [1.54, 1.807) is 6.07 Å². The molecule has 0 aliphatic heterocycles. The van der Waals surface area contributed by atoms with E-state index in [1.165, 1.54) is 22.3 Å². The largest absolute Gasteiger partial charge is 0.326 e. The van der Waals surface area contributed by atoms with Crippen LogP contribution < -0.4 is 22.1 Å². The third kappa shape index (κ3) is 7.65. The molecule has 0 saturated carbocycles. The Bertz CT molecular complexity index is 1180. The summed E-state index contributed by atoms with van der Waals surface area (Å²) in [6.07, 6.45) is 0. The summed E-state index contributed by atoms with van der Waals surface area (Å²) in [5.74, 6) is 0. The Morgan fingerprint density at radius 3 is 1.22 bits per heavy atom. The molecule has 36 heavy (non-hydrogen) atoms. The lowest BCUT2D eigenvalue weighted by Crippen LogP contribution is -2.15. The average Bonchev–Trinajstić information content (AvgIpc) is 2.89. The summed E-state index contributed by atoms with van der Waals surface area (Å²) >= 11 is 12.6. The number of benzene rings is 4. The highest BCUT2D eigenvalue weighted by atomic mass is 35.5. The summed E-state index contributed by atoms with van der Waals surface area (Å²) in [5.41, 5.74) is 20.6. The van der Waals surface area contributed by atoms with Crippen molar-refractivity contribution in [1.29, 1.82) is 0 Å². The molecule has 0 saturated heterocycles. The molecule has 0 atom stereocenters. The van der Waals surface area contributed by atoms with Crippen LogP contribution in [0.3, 0.4) is 0 Å². The molecule has 4 nitrogen and oxygen atoms in total. The smallest absolute Gasteiger partial charge is 0.0426 e. The Labute approximate surface area is 223 Å². The first-order valence-corrected chi connectivity index (χ1v) is 12.8. The molecule has 4 aromatic rings. The number of hydrogen-bond donors (Lipinski definition) is 4. The highest BCUT2D eigenvalue weighted by molar-refractivity contribution is 6.35. The molecule has 4 rings (SSSR count). The fourth-order valence-electron chi connectivity index (χ4n) is 4.14. The van der Waals surface area contributed by atoms with Crippen LogP contribution in [0.15, 0.2) is 84.9 Å². The van der Waals surface area contributed by atoms with E-state index < -0.39 is 0 Å². The summed E-state index contributed by atoms with van der Waals surface area (Å²) in [6.45, 7) is 4.17. The third-order valence-corrected chi connectivity index (χ3v) is 6.52. The van der Waals surface area contributed by atoms with Crippen LogP contribution in [0.25, 0.3) is 11.1 Å². The number of halogens is 2. The van der Waals surface area contributed by atoms with Gasteiger partial charge in [-0.05, 0) is 74.8 Å². The van der Waals surface area contributed by atoms with Crippen molar-refractivity contribution in [3.8, 4) is 11.1 Å². The normalized spacial score (nSPS) is 11.1. The fraction of sp³-hybridized carbons (Fsp3) is 0.200. The molecule has 0 bridgehead atoms. The molecule has 0 heterocycles. The van der Waals surface area contributed by atoms with E-state index in [0.29, 0.717) is 23.1 Å². The average molecular weight is 520 g/mol. The van der Waals surface area contributed by atoms with Gasteiger partial charge >= 0.3 is 0 Å². The van der Waals surface area contributed by atoms with Crippen molar-refractivity contribution >= 4 is 23.2 Å². The van der Waals surface area contributed by atoms with Gasteiger partial charge in [0.15, 0.2) is 0 Å². The highest BCUT2D eigenvalue weighted by Crippen LogP contribution is 2.29. The molecule has 6 N–H and O–H groups in total. The van der Waals surface area contributed by atoms with E-state index in [4.69, 9.17) is 34.7 Å². The van der Waals surface area contributed by atoms with Gasteiger partial charge in [0.2, 0.25) is 0 Å². The second kappa shape index (κ2) is 13.0. The summed E-state index contributed by atoms with van der Waals surface area (Å²) < 4.78 is 0. The molecule has 6 heteroatoms. The van der Waals surface area contributed by atoms with E-state index in [2.05, 4.69) is 77.4 Å². The number of nitrogens with two attached hydrogens (primary N) is 2. The Kier molecular flexibility index (Phi) is 9.54. The molecule has 4 aromatic carbocycles. The summed E-state index contributed by atoms with van der Waals surface area (Å²) in [5, 5.41) is 8.38. The lowest BCUT2D eigenvalue weighted by Gasteiger charge is -2.13. The number of rotatable bonds is 11. The van der Waals surface area contributed by atoms with Gasteiger partial charge in [-0.3, -0.25) is 0 Å². The van der Waals surface area contributed by atoms with Crippen LogP contribution in [0.2, 0.25) is 10.0 Å². The van der Waals surface area contributed by atoms with Crippen molar-refractivity contribution in [2.45, 2.75) is 39.3 Å². The molecular formula is C30H32Cl2N4. The first-order valence-electron chi connectivity index (χ1n) is 12.1. The topological polar surface area (TPSA) is 76.1 Å². The summed E-state index contributed by atoms with van der Waals surface area (Å²) in [6, 6.07) is 29.1. The van der Waals surface area contributed by atoms with E-state index in [1.807, 2.05) is 12.1 Å². The van der Waals surface area contributed by atoms with Crippen molar-refractivity contribution in [2.24, 2.45) is 11.5 Å². The van der Waals surface area contributed by atoms with Gasteiger partial charge in [0.1, 0.15) is 0 Å². The molecule has 0 unspecified atom stereocenters. The maximum atomic E-state index is 6.30. The second-order valence-electron chi connectivity index (χ2n) is 8.94. The molecule has 0 amide bonds. The van der Waals surface area contributed by atoms with Crippen molar-refractivity contribution in [3.05, 3.63) is 128 Å². The predicted molar refractivity (Wildman–Crippen MR) is 152 cm³/mol. The molecule has 0 aliphatic rings. The molecule has 0 aromatic heterocycles. The Morgan fingerprint density at radius 2 is 0.806 bits per heavy atom. The van der Waals surface area contributed by atoms with Gasteiger partial charge < -0.3 is 22.1 Å². The van der Waals surface area contributed by atoms with E-state index in [9.17, 15) is 0 Å². The van der Waals surface area contributed by atoms with Gasteiger partial charge in [-0.15, -0.1) is 0 Å². The van der Waals surface area contributed by atoms with Crippen LogP contribution in [0.5, 0.6) is 0 Å². The molecule has 0 radical (unpaired) electrons. The summed E-state index contributed by atoms with van der Waals surface area (Å²) in [4.78, 5) is 0. The molecular weight excluding hydrogens is 487 g/mol. The highest BCUT2D eigenvalue weighted by Gasteiger charge is 2.07. The minimum atomic E-state index is 0.559. The third-order valence-electron chi connectivity index (χ3n) is 6.08.